The molecule has 0 radical (unpaired) electrons. The van der Waals surface area contributed by atoms with Gasteiger partial charge in [0.2, 0.25) is 5.91 Å². The Kier molecular flexibility index (Phi) is 4.85. The van der Waals surface area contributed by atoms with Crippen LogP contribution in [0.5, 0.6) is 0 Å². The van der Waals surface area contributed by atoms with E-state index in [1.165, 1.54) is 19.3 Å². The van der Waals surface area contributed by atoms with E-state index in [4.69, 9.17) is 12.2 Å². The van der Waals surface area contributed by atoms with Crippen molar-refractivity contribution in [1.82, 2.24) is 5.32 Å². The zero-order valence-corrected chi connectivity index (χ0v) is 14.5. The third kappa shape index (κ3) is 4.02. The molecule has 1 aromatic carbocycles. The van der Waals surface area contributed by atoms with Gasteiger partial charge < -0.3 is 15.5 Å². The lowest BCUT2D eigenvalue weighted by Gasteiger charge is -2.35. The number of carbonyl (C=O) groups excluding carboxylic acids is 1. The molecule has 2 N–H and O–H groups in total. The van der Waals surface area contributed by atoms with Crippen LogP contribution in [0.2, 0.25) is 0 Å². The SMILES string of the molecule is CC1(NC(=S)Nc2cccc(N3CCCC3=O)c2)CCCCC1. The average molecular weight is 331 g/mol. The number of anilines is 2. The van der Waals surface area contributed by atoms with E-state index in [1.54, 1.807) is 0 Å². The van der Waals surface area contributed by atoms with Crippen molar-refractivity contribution < 1.29 is 4.79 Å². The van der Waals surface area contributed by atoms with Crippen LogP contribution >= 0.6 is 12.2 Å². The summed E-state index contributed by atoms with van der Waals surface area (Å²) < 4.78 is 0. The summed E-state index contributed by atoms with van der Waals surface area (Å²) in [7, 11) is 0. The topological polar surface area (TPSA) is 44.4 Å². The van der Waals surface area contributed by atoms with E-state index in [9.17, 15) is 4.79 Å². The van der Waals surface area contributed by atoms with Crippen LogP contribution in [0, 0.1) is 0 Å². The predicted octanol–water partition coefficient (Wildman–Crippen LogP) is 3.82. The largest absolute Gasteiger partial charge is 0.357 e. The molecule has 1 saturated heterocycles. The molecule has 1 heterocycles. The molecule has 0 bridgehead atoms. The molecule has 3 rings (SSSR count). The third-order valence-corrected chi connectivity index (χ3v) is 5.07. The van der Waals surface area contributed by atoms with Crippen LogP contribution in [0.1, 0.15) is 51.9 Å². The first-order valence-corrected chi connectivity index (χ1v) is 8.96. The maximum atomic E-state index is 11.9. The van der Waals surface area contributed by atoms with Crippen molar-refractivity contribution in [1.29, 1.82) is 0 Å². The molecule has 1 saturated carbocycles. The van der Waals surface area contributed by atoms with Crippen LogP contribution in [0.25, 0.3) is 0 Å². The second kappa shape index (κ2) is 6.87. The smallest absolute Gasteiger partial charge is 0.227 e. The molecule has 2 aliphatic rings. The van der Waals surface area contributed by atoms with Gasteiger partial charge in [-0.2, -0.15) is 0 Å². The summed E-state index contributed by atoms with van der Waals surface area (Å²) in [6, 6.07) is 7.93. The monoisotopic (exact) mass is 331 g/mol. The summed E-state index contributed by atoms with van der Waals surface area (Å²) in [5.41, 5.74) is 1.98. The number of hydrogen-bond acceptors (Lipinski definition) is 2. The molecule has 2 fully saturated rings. The van der Waals surface area contributed by atoms with E-state index in [-0.39, 0.29) is 11.4 Å². The standard InChI is InChI=1S/C18H25N3OS/c1-18(10-3-2-4-11-18)20-17(23)19-14-7-5-8-15(13-14)21-12-6-9-16(21)22/h5,7-8,13H,2-4,6,9-12H2,1H3,(H2,19,20,23). The normalized spacial score (nSPS) is 20.4. The molecule has 23 heavy (non-hydrogen) atoms. The second-order valence-corrected chi connectivity index (χ2v) is 7.31. The minimum atomic E-state index is 0.102. The minimum Gasteiger partial charge on any atom is -0.357 e. The first-order chi connectivity index (χ1) is 11.1. The molecule has 4 nitrogen and oxygen atoms in total. The van der Waals surface area contributed by atoms with E-state index in [0.717, 1.165) is 37.2 Å². The van der Waals surface area contributed by atoms with Gasteiger partial charge in [0.15, 0.2) is 5.11 Å². The molecule has 1 aromatic rings. The quantitative estimate of drug-likeness (QED) is 0.827. The zero-order chi connectivity index (χ0) is 16.3. The Labute approximate surface area is 143 Å². The van der Waals surface area contributed by atoms with E-state index in [0.29, 0.717) is 11.5 Å². The van der Waals surface area contributed by atoms with Crippen molar-refractivity contribution in [3.05, 3.63) is 24.3 Å². The Morgan fingerprint density at radius 2 is 2.00 bits per heavy atom. The highest BCUT2D eigenvalue weighted by atomic mass is 32.1. The summed E-state index contributed by atoms with van der Waals surface area (Å²) in [6.07, 6.45) is 7.76. The molecular weight excluding hydrogens is 306 g/mol. The molecule has 0 unspecified atom stereocenters. The highest BCUT2D eigenvalue weighted by molar-refractivity contribution is 7.80. The van der Waals surface area contributed by atoms with Crippen LogP contribution in [-0.2, 0) is 4.79 Å². The summed E-state index contributed by atoms with van der Waals surface area (Å²) in [5.74, 6) is 0.206. The first kappa shape index (κ1) is 16.2. The Bertz CT molecular complexity index is 596. The number of nitrogens with zero attached hydrogens (tertiary/aromatic N) is 1. The van der Waals surface area contributed by atoms with Gasteiger partial charge in [0.1, 0.15) is 0 Å². The molecule has 1 aliphatic heterocycles. The van der Waals surface area contributed by atoms with Gasteiger partial charge in [-0.3, -0.25) is 4.79 Å². The van der Waals surface area contributed by atoms with Crippen LogP contribution in [0.4, 0.5) is 11.4 Å². The van der Waals surface area contributed by atoms with Gasteiger partial charge in [-0.15, -0.1) is 0 Å². The first-order valence-electron chi connectivity index (χ1n) is 8.55. The zero-order valence-electron chi connectivity index (χ0n) is 13.7. The lowest BCUT2D eigenvalue weighted by atomic mass is 9.83. The van der Waals surface area contributed by atoms with E-state index in [2.05, 4.69) is 17.6 Å². The third-order valence-electron chi connectivity index (χ3n) is 4.86. The van der Waals surface area contributed by atoms with Gasteiger partial charge in [-0.25, -0.2) is 0 Å². The summed E-state index contributed by atoms with van der Waals surface area (Å²) >= 11 is 5.49. The Morgan fingerprint density at radius 1 is 1.22 bits per heavy atom. The summed E-state index contributed by atoms with van der Waals surface area (Å²) in [5, 5.41) is 7.42. The van der Waals surface area contributed by atoms with Crippen molar-refractivity contribution in [3.8, 4) is 0 Å². The highest BCUT2D eigenvalue weighted by Gasteiger charge is 2.27. The molecule has 1 amide bonds. The molecule has 0 atom stereocenters. The molecule has 124 valence electrons. The van der Waals surface area contributed by atoms with Gasteiger partial charge in [-0.1, -0.05) is 25.3 Å². The molecule has 1 aliphatic carbocycles. The maximum Gasteiger partial charge on any atom is 0.227 e. The lowest BCUT2D eigenvalue weighted by molar-refractivity contribution is -0.117. The maximum absolute atomic E-state index is 11.9. The van der Waals surface area contributed by atoms with Crippen molar-refractivity contribution in [3.63, 3.8) is 0 Å². The van der Waals surface area contributed by atoms with E-state index in [1.807, 2.05) is 29.2 Å². The van der Waals surface area contributed by atoms with Gasteiger partial charge in [-0.05, 0) is 56.6 Å². The number of hydrogen-bond donors (Lipinski definition) is 2. The molecule has 0 aromatic heterocycles. The van der Waals surface area contributed by atoms with Gasteiger partial charge in [0, 0.05) is 29.9 Å². The van der Waals surface area contributed by atoms with Gasteiger partial charge in [0.25, 0.3) is 0 Å². The van der Waals surface area contributed by atoms with E-state index >= 15 is 0 Å². The number of amides is 1. The molecular formula is C18H25N3OS. The fourth-order valence-electron chi connectivity index (χ4n) is 3.57. The molecule has 0 spiro atoms. The fourth-order valence-corrected chi connectivity index (χ4v) is 3.93. The summed E-state index contributed by atoms with van der Waals surface area (Å²) in [6.45, 7) is 3.06. The van der Waals surface area contributed by atoms with Crippen molar-refractivity contribution in [2.75, 3.05) is 16.8 Å². The number of nitrogens with one attached hydrogen (secondary N) is 2. The van der Waals surface area contributed by atoms with Crippen molar-refractivity contribution >= 4 is 34.6 Å². The van der Waals surface area contributed by atoms with Crippen LogP contribution in [-0.4, -0.2) is 23.1 Å². The predicted molar refractivity (Wildman–Crippen MR) is 98.9 cm³/mol. The summed E-state index contributed by atoms with van der Waals surface area (Å²) in [4.78, 5) is 13.7. The Balaban J connectivity index is 1.63. The van der Waals surface area contributed by atoms with Crippen LogP contribution < -0.4 is 15.5 Å². The lowest BCUT2D eigenvalue weighted by Crippen LogP contribution is -2.48. The van der Waals surface area contributed by atoms with Crippen LogP contribution in [0.15, 0.2) is 24.3 Å². The number of carbonyl (C=O) groups is 1. The Hall–Kier alpha value is -1.62. The number of rotatable bonds is 3. The number of thiocarbonyl (C=S) groups is 1. The Morgan fingerprint density at radius 3 is 2.70 bits per heavy atom. The van der Waals surface area contributed by atoms with Crippen molar-refractivity contribution in [2.24, 2.45) is 0 Å². The van der Waals surface area contributed by atoms with E-state index < -0.39 is 0 Å². The highest BCUT2D eigenvalue weighted by Crippen LogP contribution is 2.28. The minimum absolute atomic E-state index is 0.102. The van der Waals surface area contributed by atoms with Gasteiger partial charge in [0.05, 0.1) is 0 Å². The molecule has 5 heteroatoms. The fraction of sp³-hybridized carbons (Fsp3) is 0.556. The number of benzene rings is 1. The average Bonchev–Trinajstić information content (AvgIpc) is 2.93. The van der Waals surface area contributed by atoms with Crippen molar-refractivity contribution in [2.45, 2.75) is 57.4 Å². The second-order valence-electron chi connectivity index (χ2n) is 6.90. The van der Waals surface area contributed by atoms with Gasteiger partial charge >= 0.3 is 0 Å². The van der Waals surface area contributed by atoms with Crippen LogP contribution in [0.3, 0.4) is 0 Å².